The van der Waals surface area contributed by atoms with Crippen molar-refractivity contribution in [3.63, 3.8) is 0 Å². The van der Waals surface area contributed by atoms with Crippen molar-refractivity contribution in [2.24, 2.45) is 10.2 Å². The summed E-state index contributed by atoms with van der Waals surface area (Å²) in [5.74, 6) is -0.0942. The minimum absolute atomic E-state index is 0.103. The summed E-state index contributed by atoms with van der Waals surface area (Å²) >= 11 is 9.75. The Balaban J connectivity index is 1.61. The van der Waals surface area contributed by atoms with Gasteiger partial charge in [0.2, 0.25) is 5.88 Å². The van der Waals surface area contributed by atoms with Gasteiger partial charge in [-0.3, -0.25) is 4.79 Å². The molecule has 32 heavy (non-hydrogen) atoms. The molecule has 1 amide bonds. The average Bonchev–Trinajstić information content (AvgIpc) is 3.03. The smallest absolute Gasteiger partial charge is 0.302 e. The molecule has 0 spiro atoms. The van der Waals surface area contributed by atoms with Gasteiger partial charge in [-0.15, -0.1) is 10.2 Å². The topological polar surface area (TPSA) is 76.2 Å². The van der Waals surface area contributed by atoms with Crippen LogP contribution in [-0.2, 0) is 11.3 Å². The van der Waals surface area contributed by atoms with Gasteiger partial charge in [-0.2, -0.15) is 0 Å². The maximum Gasteiger partial charge on any atom is 0.302 e. The van der Waals surface area contributed by atoms with E-state index in [1.54, 1.807) is 22.8 Å². The second kappa shape index (κ2) is 9.54. The number of azo groups is 1. The van der Waals surface area contributed by atoms with E-state index < -0.39 is 5.91 Å². The molecule has 1 aromatic heterocycles. The molecule has 0 unspecified atom stereocenters. The summed E-state index contributed by atoms with van der Waals surface area (Å²) in [5, 5.41) is 20.0. The van der Waals surface area contributed by atoms with Crippen LogP contribution in [0, 0.1) is 6.92 Å². The molecular formula is C24H19BrClN3O3. The molecule has 1 N–H and O–H groups in total. The number of hydrogen-bond donors (Lipinski definition) is 1. The molecule has 4 rings (SSSR count). The van der Waals surface area contributed by atoms with Gasteiger partial charge in [-0.1, -0.05) is 63.4 Å². The zero-order valence-corrected chi connectivity index (χ0v) is 19.5. The second-order valence-corrected chi connectivity index (χ2v) is 8.53. The number of hydrogen-bond acceptors (Lipinski definition) is 4. The van der Waals surface area contributed by atoms with Crippen LogP contribution >= 0.6 is 27.5 Å². The molecule has 0 saturated heterocycles. The van der Waals surface area contributed by atoms with E-state index in [2.05, 4.69) is 26.2 Å². The Morgan fingerprint density at radius 3 is 2.62 bits per heavy atom. The number of amides is 1. The fourth-order valence-corrected chi connectivity index (χ4v) is 3.82. The lowest BCUT2D eigenvalue weighted by molar-refractivity contribution is -0.120. The van der Waals surface area contributed by atoms with Gasteiger partial charge in [-0.25, -0.2) is 0 Å². The first-order chi connectivity index (χ1) is 15.4. The number of rotatable bonds is 6. The zero-order chi connectivity index (χ0) is 22.7. The summed E-state index contributed by atoms with van der Waals surface area (Å²) in [6.45, 7) is 2.05. The van der Waals surface area contributed by atoms with Crippen LogP contribution in [-0.4, -0.2) is 22.2 Å². The van der Waals surface area contributed by atoms with Gasteiger partial charge in [0.05, 0.1) is 12.1 Å². The van der Waals surface area contributed by atoms with Crippen LogP contribution in [0.15, 0.2) is 81.4 Å². The third kappa shape index (κ3) is 4.84. The van der Waals surface area contributed by atoms with Crippen molar-refractivity contribution in [1.82, 2.24) is 4.57 Å². The highest BCUT2D eigenvalue weighted by atomic mass is 79.9. The number of fused-ring (bicyclic) bond motifs is 1. The number of halogens is 2. The summed E-state index contributed by atoms with van der Waals surface area (Å²) in [6, 6.07) is 20.3. The van der Waals surface area contributed by atoms with E-state index in [1.165, 1.54) is 0 Å². The van der Waals surface area contributed by atoms with Gasteiger partial charge >= 0.3 is 5.91 Å². The number of aromatic nitrogens is 1. The zero-order valence-electron chi connectivity index (χ0n) is 17.1. The Morgan fingerprint density at radius 2 is 1.88 bits per heavy atom. The van der Waals surface area contributed by atoms with E-state index >= 15 is 0 Å². The summed E-state index contributed by atoms with van der Waals surface area (Å²) < 4.78 is 7.95. The summed E-state index contributed by atoms with van der Waals surface area (Å²) in [4.78, 5) is 12.2. The molecule has 0 saturated carbocycles. The third-order valence-corrected chi connectivity index (χ3v) is 5.77. The van der Waals surface area contributed by atoms with E-state index in [1.807, 2.05) is 55.5 Å². The molecule has 0 radical (unpaired) electrons. The number of carbonyl (C=O) groups is 1. The molecule has 0 bridgehead atoms. The van der Waals surface area contributed by atoms with Gasteiger partial charge in [-0.05, 0) is 48.9 Å². The quantitative estimate of drug-likeness (QED) is 0.288. The Labute approximate surface area is 198 Å². The Hall–Kier alpha value is -3.16. The van der Waals surface area contributed by atoms with E-state index in [-0.39, 0.29) is 18.2 Å². The van der Waals surface area contributed by atoms with Crippen molar-refractivity contribution in [2.45, 2.75) is 13.5 Å². The minimum Gasteiger partial charge on any atom is -0.493 e. The van der Waals surface area contributed by atoms with Gasteiger partial charge in [0.15, 0.2) is 12.3 Å². The van der Waals surface area contributed by atoms with E-state index in [4.69, 9.17) is 16.3 Å². The molecule has 4 aromatic rings. The van der Waals surface area contributed by atoms with E-state index in [0.717, 1.165) is 21.1 Å². The SMILES string of the molecule is Cc1ccc(OCC(=O)N=Nc2c(O)n(Cc3ccccc3Cl)c3ccc(Br)cc23)cc1. The molecule has 6 nitrogen and oxygen atoms in total. The lowest BCUT2D eigenvalue weighted by Gasteiger charge is -2.08. The van der Waals surface area contributed by atoms with E-state index in [9.17, 15) is 9.90 Å². The van der Waals surface area contributed by atoms with Crippen molar-refractivity contribution < 1.29 is 14.6 Å². The lowest BCUT2D eigenvalue weighted by atomic mass is 10.2. The van der Waals surface area contributed by atoms with Crippen molar-refractivity contribution in [1.29, 1.82) is 0 Å². The summed E-state index contributed by atoms with van der Waals surface area (Å²) in [7, 11) is 0. The molecule has 162 valence electrons. The first kappa shape index (κ1) is 22.0. The molecule has 1 heterocycles. The van der Waals surface area contributed by atoms with Crippen molar-refractivity contribution in [3.05, 3.63) is 87.4 Å². The Morgan fingerprint density at radius 1 is 1.12 bits per heavy atom. The van der Waals surface area contributed by atoms with Crippen LogP contribution in [0.3, 0.4) is 0 Å². The minimum atomic E-state index is -0.563. The molecule has 0 aliphatic carbocycles. The maximum absolute atomic E-state index is 12.2. The fourth-order valence-electron chi connectivity index (χ4n) is 3.27. The molecule has 8 heteroatoms. The lowest BCUT2D eigenvalue weighted by Crippen LogP contribution is -2.07. The third-order valence-electron chi connectivity index (χ3n) is 4.90. The highest BCUT2D eigenvalue weighted by Crippen LogP contribution is 2.40. The van der Waals surface area contributed by atoms with Crippen LogP contribution in [0.25, 0.3) is 10.9 Å². The standard InChI is InChI=1S/C24H19BrClN3O3/c1-15-6-9-18(10-7-15)32-14-22(30)27-28-23-19-12-17(25)8-11-21(19)29(24(23)31)13-16-4-2-3-5-20(16)26/h2-12,31H,13-14H2,1H3. The summed E-state index contributed by atoms with van der Waals surface area (Å²) in [5.41, 5.74) is 2.88. The second-order valence-electron chi connectivity index (χ2n) is 7.21. The Bertz CT molecular complexity index is 1320. The van der Waals surface area contributed by atoms with Crippen LogP contribution in [0.4, 0.5) is 5.69 Å². The number of aromatic hydroxyl groups is 1. The number of nitrogens with zero attached hydrogens (tertiary/aromatic N) is 3. The van der Waals surface area contributed by atoms with Crippen LogP contribution < -0.4 is 4.74 Å². The normalized spacial score (nSPS) is 11.3. The van der Waals surface area contributed by atoms with Gasteiger partial charge in [0.25, 0.3) is 0 Å². The van der Waals surface area contributed by atoms with E-state index in [0.29, 0.717) is 22.7 Å². The fraction of sp³-hybridized carbons (Fsp3) is 0.125. The number of benzene rings is 3. The molecule has 0 aliphatic heterocycles. The van der Waals surface area contributed by atoms with Gasteiger partial charge in [0, 0.05) is 14.9 Å². The molecule has 3 aromatic carbocycles. The van der Waals surface area contributed by atoms with Crippen molar-refractivity contribution >= 4 is 50.0 Å². The van der Waals surface area contributed by atoms with Crippen LogP contribution in [0.5, 0.6) is 11.6 Å². The summed E-state index contributed by atoms with van der Waals surface area (Å²) in [6.07, 6.45) is 0. The molecule has 0 aliphatic rings. The predicted molar refractivity (Wildman–Crippen MR) is 128 cm³/mol. The number of ether oxygens (including phenoxy) is 1. The van der Waals surface area contributed by atoms with Crippen LogP contribution in [0.2, 0.25) is 5.02 Å². The largest absolute Gasteiger partial charge is 0.493 e. The first-order valence-corrected chi connectivity index (χ1v) is 11.0. The maximum atomic E-state index is 12.2. The molecule has 0 fully saturated rings. The monoisotopic (exact) mass is 511 g/mol. The van der Waals surface area contributed by atoms with Crippen molar-refractivity contribution in [3.8, 4) is 11.6 Å². The number of aryl methyl sites for hydroxylation is 1. The highest BCUT2D eigenvalue weighted by molar-refractivity contribution is 9.10. The van der Waals surface area contributed by atoms with Gasteiger partial charge in [0.1, 0.15) is 5.75 Å². The highest BCUT2D eigenvalue weighted by Gasteiger charge is 2.18. The average molecular weight is 513 g/mol. The number of carbonyl (C=O) groups excluding carboxylic acids is 1. The molecule has 0 atom stereocenters. The van der Waals surface area contributed by atoms with Crippen molar-refractivity contribution in [2.75, 3.05) is 6.61 Å². The molecular weight excluding hydrogens is 494 g/mol. The first-order valence-electron chi connectivity index (χ1n) is 9.80. The van der Waals surface area contributed by atoms with Crippen LogP contribution in [0.1, 0.15) is 11.1 Å². The predicted octanol–water partition coefficient (Wildman–Crippen LogP) is 6.81. The Kier molecular flexibility index (Phi) is 6.58. The van der Waals surface area contributed by atoms with Gasteiger partial charge < -0.3 is 14.4 Å².